The van der Waals surface area contributed by atoms with Gasteiger partial charge in [0.25, 0.3) is 0 Å². The molecule has 0 heterocycles. The molecule has 0 bridgehead atoms. The highest BCUT2D eigenvalue weighted by Gasteiger charge is 2.11. The Morgan fingerprint density at radius 3 is 2.57 bits per heavy atom. The minimum atomic E-state index is 0.387. The van der Waals surface area contributed by atoms with Crippen molar-refractivity contribution in [3.05, 3.63) is 29.8 Å². The van der Waals surface area contributed by atoms with E-state index < -0.39 is 0 Å². The van der Waals surface area contributed by atoms with Crippen LogP contribution < -0.4 is 10.1 Å². The highest BCUT2D eigenvalue weighted by molar-refractivity contribution is 5.35. The van der Waals surface area contributed by atoms with Gasteiger partial charge < -0.3 is 10.1 Å². The van der Waals surface area contributed by atoms with Crippen LogP contribution in [0.4, 0.5) is 0 Å². The molecule has 0 spiro atoms. The van der Waals surface area contributed by atoms with Gasteiger partial charge in [-0.25, -0.2) is 0 Å². The second-order valence-corrected chi connectivity index (χ2v) is 3.22. The minimum absolute atomic E-state index is 0.387. The molecule has 0 aliphatic carbocycles. The third-order valence-corrected chi connectivity index (χ3v) is 2.35. The first-order valence-electron chi connectivity index (χ1n) is 5.22. The van der Waals surface area contributed by atoms with Crippen LogP contribution in [0.25, 0.3) is 0 Å². The highest BCUT2D eigenvalue weighted by atomic mass is 16.5. The smallest absolute Gasteiger partial charge is 0.124 e. The fourth-order valence-corrected chi connectivity index (χ4v) is 1.63. The summed E-state index contributed by atoms with van der Waals surface area (Å²) in [5.74, 6) is 0.996. The molecule has 1 atom stereocenters. The zero-order chi connectivity index (χ0) is 10.4. The van der Waals surface area contributed by atoms with Crippen molar-refractivity contribution >= 4 is 0 Å². The fraction of sp³-hybridized carbons (Fsp3) is 0.500. The van der Waals surface area contributed by atoms with Crippen molar-refractivity contribution in [2.45, 2.75) is 26.3 Å². The van der Waals surface area contributed by atoms with Gasteiger partial charge in [-0.15, -0.1) is 0 Å². The highest BCUT2D eigenvalue weighted by Crippen LogP contribution is 2.26. The van der Waals surface area contributed by atoms with E-state index in [-0.39, 0.29) is 0 Å². The molecule has 0 fully saturated rings. The van der Waals surface area contributed by atoms with Gasteiger partial charge in [-0.3, -0.25) is 0 Å². The Labute approximate surface area is 86.3 Å². The minimum Gasteiger partial charge on any atom is -0.494 e. The lowest BCUT2D eigenvalue weighted by atomic mass is 10.0. The van der Waals surface area contributed by atoms with Gasteiger partial charge in [0.15, 0.2) is 0 Å². The molecule has 0 aliphatic rings. The lowest BCUT2D eigenvalue weighted by molar-refractivity contribution is 0.331. The van der Waals surface area contributed by atoms with Gasteiger partial charge in [-0.1, -0.05) is 25.1 Å². The van der Waals surface area contributed by atoms with Crippen LogP contribution in [0.1, 0.15) is 31.9 Å². The van der Waals surface area contributed by atoms with Crippen molar-refractivity contribution in [3.8, 4) is 5.75 Å². The first-order valence-corrected chi connectivity index (χ1v) is 5.22. The van der Waals surface area contributed by atoms with Gasteiger partial charge in [-0.2, -0.15) is 0 Å². The second kappa shape index (κ2) is 5.66. The molecule has 2 heteroatoms. The summed E-state index contributed by atoms with van der Waals surface area (Å²) in [6.45, 7) is 4.90. The molecule has 0 aromatic heterocycles. The van der Waals surface area contributed by atoms with Crippen molar-refractivity contribution in [2.24, 2.45) is 0 Å². The van der Waals surface area contributed by atoms with E-state index in [0.717, 1.165) is 18.8 Å². The largest absolute Gasteiger partial charge is 0.494 e. The third kappa shape index (κ3) is 2.48. The monoisotopic (exact) mass is 193 g/mol. The zero-order valence-corrected chi connectivity index (χ0v) is 9.21. The molecule has 14 heavy (non-hydrogen) atoms. The number of hydrogen-bond acceptors (Lipinski definition) is 2. The molecule has 0 radical (unpaired) electrons. The summed E-state index contributed by atoms with van der Waals surface area (Å²) in [4.78, 5) is 0. The number of benzene rings is 1. The summed E-state index contributed by atoms with van der Waals surface area (Å²) in [6.07, 6.45) is 1.07. The molecule has 1 aromatic carbocycles. The summed E-state index contributed by atoms with van der Waals surface area (Å²) in [7, 11) is 1.98. The fourth-order valence-electron chi connectivity index (χ4n) is 1.63. The van der Waals surface area contributed by atoms with Crippen molar-refractivity contribution in [2.75, 3.05) is 13.7 Å². The molecule has 0 amide bonds. The van der Waals surface area contributed by atoms with Crippen LogP contribution in [0.2, 0.25) is 0 Å². The predicted molar refractivity (Wildman–Crippen MR) is 59.7 cm³/mol. The van der Waals surface area contributed by atoms with Crippen LogP contribution in [-0.2, 0) is 0 Å². The molecule has 0 saturated carbocycles. The first kappa shape index (κ1) is 11.1. The molecule has 1 unspecified atom stereocenters. The summed E-state index contributed by atoms with van der Waals surface area (Å²) in [5, 5.41) is 3.29. The second-order valence-electron chi connectivity index (χ2n) is 3.22. The maximum Gasteiger partial charge on any atom is 0.124 e. The first-order chi connectivity index (χ1) is 6.83. The topological polar surface area (TPSA) is 21.3 Å². The van der Waals surface area contributed by atoms with Crippen LogP contribution in [0.15, 0.2) is 24.3 Å². The number of rotatable bonds is 5. The zero-order valence-electron chi connectivity index (χ0n) is 9.21. The van der Waals surface area contributed by atoms with Gasteiger partial charge >= 0.3 is 0 Å². The molecule has 0 saturated heterocycles. The Balaban J connectivity index is 2.92. The van der Waals surface area contributed by atoms with Gasteiger partial charge in [0.05, 0.1) is 6.61 Å². The van der Waals surface area contributed by atoms with E-state index in [4.69, 9.17) is 4.74 Å². The number of ether oxygens (including phenoxy) is 1. The van der Waals surface area contributed by atoms with Crippen LogP contribution in [0, 0.1) is 0 Å². The normalized spacial score (nSPS) is 12.5. The van der Waals surface area contributed by atoms with E-state index in [1.807, 2.05) is 26.1 Å². The average Bonchev–Trinajstić information content (AvgIpc) is 2.23. The lowest BCUT2D eigenvalue weighted by Gasteiger charge is -2.18. The van der Waals surface area contributed by atoms with Crippen LogP contribution in [0.3, 0.4) is 0 Å². The summed E-state index contributed by atoms with van der Waals surface area (Å²) < 4.78 is 5.58. The molecular formula is C12H19NO. The van der Waals surface area contributed by atoms with Crippen LogP contribution in [-0.4, -0.2) is 13.7 Å². The third-order valence-electron chi connectivity index (χ3n) is 2.35. The van der Waals surface area contributed by atoms with E-state index >= 15 is 0 Å². The summed E-state index contributed by atoms with van der Waals surface area (Å²) in [5.41, 5.74) is 1.25. The van der Waals surface area contributed by atoms with Gasteiger partial charge in [0, 0.05) is 11.6 Å². The van der Waals surface area contributed by atoms with E-state index in [1.165, 1.54) is 5.56 Å². The van der Waals surface area contributed by atoms with E-state index in [2.05, 4.69) is 24.4 Å². The Hall–Kier alpha value is -1.02. The van der Waals surface area contributed by atoms with E-state index in [0.29, 0.717) is 6.04 Å². The van der Waals surface area contributed by atoms with E-state index in [9.17, 15) is 0 Å². The van der Waals surface area contributed by atoms with E-state index in [1.54, 1.807) is 0 Å². The molecule has 1 aromatic rings. The predicted octanol–water partition coefficient (Wildman–Crippen LogP) is 2.76. The molecule has 2 nitrogen and oxygen atoms in total. The Morgan fingerprint density at radius 2 is 2.00 bits per heavy atom. The number of para-hydroxylation sites is 1. The molecule has 1 N–H and O–H groups in total. The van der Waals surface area contributed by atoms with Crippen LogP contribution in [0.5, 0.6) is 5.75 Å². The lowest BCUT2D eigenvalue weighted by Crippen LogP contribution is -2.16. The maximum absolute atomic E-state index is 5.58. The Kier molecular flexibility index (Phi) is 4.47. The van der Waals surface area contributed by atoms with Gasteiger partial charge in [0.1, 0.15) is 5.75 Å². The van der Waals surface area contributed by atoms with Crippen molar-refractivity contribution < 1.29 is 4.74 Å². The Morgan fingerprint density at radius 1 is 1.29 bits per heavy atom. The van der Waals surface area contributed by atoms with Crippen molar-refractivity contribution in [3.63, 3.8) is 0 Å². The SMILES string of the molecule is CCOc1ccccc1C(CC)NC. The molecule has 0 aliphatic heterocycles. The number of hydrogen-bond donors (Lipinski definition) is 1. The van der Waals surface area contributed by atoms with Gasteiger partial charge in [-0.05, 0) is 26.5 Å². The quantitative estimate of drug-likeness (QED) is 0.776. The molecule has 78 valence electrons. The average molecular weight is 193 g/mol. The number of nitrogens with one attached hydrogen (secondary N) is 1. The van der Waals surface area contributed by atoms with Crippen molar-refractivity contribution in [1.29, 1.82) is 0 Å². The standard InChI is InChI=1S/C12H19NO/c1-4-11(13-3)10-8-6-7-9-12(10)14-5-2/h6-9,11,13H,4-5H2,1-3H3. The van der Waals surface area contributed by atoms with Crippen LogP contribution >= 0.6 is 0 Å². The molecular weight excluding hydrogens is 174 g/mol. The molecule has 1 rings (SSSR count). The summed E-state index contributed by atoms with van der Waals surface area (Å²) in [6, 6.07) is 8.60. The summed E-state index contributed by atoms with van der Waals surface area (Å²) >= 11 is 0. The Bertz CT molecular complexity index is 269. The maximum atomic E-state index is 5.58. The van der Waals surface area contributed by atoms with Gasteiger partial charge in [0.2, 0.25) is 0 Å². The van der Waals surface area contributed by atoms with Crippen molar-refractivity contribution in [1.82, 2.24) is 5.32 Å².